The van der Waals surface area contributed by atoms with Crippen molar-refractivity contribution in [3.8, 4) is 5.82 Å². The van der Waals surface area contributed by atoms with Crippen molar-refractivity contribution in [2.24, 2.45) is 5.14 Å². The summed E-state index contributed by atoms with van der Waals surface area (Å²) in [6.07, 6.45) is 1.36. The van der Waals surface area contributed by atoms with Crippen LogP contribution in [0.5, 0.6) is 0 Å². The molecule has 0 fully saturated rings. The van der Waals surface area contributed by atoms with Gasteiger partial charge in [-0.2, -0.15) is 18.6 Å². The molecular formula is C15H15N7O4S. The first-order chi connectivity index (χ1) is 12.7. The Balaban J connectivity index is 1.82. The van der Waals surface area contributed by atoms with Crippen LogP contribution in [-0.2, 0) is 10.2 Å². The number of nitrogens with zero attached hydrogens (tertiary/aromatic N) is 3. The molecule has 3 rings (SSSR count). The average molecular weight is 389 g/mol. The molecule has 0 aliphatic heterocycles. The Labute approximate surface area is 153 Å². The topological polar surface area (TPSA) is 165 Å². The lowest BCUT2D eigenvalue weighted by Gasteiger charge is -2.08. The Morgan fingerprint density at radius 2 is 1.96 bits per heavy atom. The molecule has 0 aliphatic rings. The van der Waals surface area contributed by atoms with Crippen LogP contribution in [0.15, 0.2) is 47.4 Å². The first kappa shape index (κ1) is 18.3. The van der Waals surface area contributed by atoms with E-state index < -0.39 is 16.1 Å². The zero-order valence-electron chi connectivity index (χ0n) is 14.0. The molecule has 12 heteroatoms. The maximum Gasteiger partial charge on any atom is 0.296 e. The van der Waals surface area contributed by atoms with Crippen molar-refractivity contribution < 1.29 is 13.2 Å². The van der Waals surface area contributed by atoms with E-state index in [1.54, 1.807) is 19.1 Å². The Bertz CT molecular complexity index is 1150. The van der Waals surface area contributed by atoms with Gasteiger partial charge in [0, 0.05) is 11.8 Å². The summed E-state index contributed by atoms with van der Waals surface area (Å²) in [5, 5.41) is 17.9. The van der Waals surface area contributed by atoms with Crippen LogP contribution in [0.1, 0.15) is 16.1 Å². The number of anilines is 2. The van der Waals surface area contributed by atoms with Crippen molar-refractivity contribution in [3.05, 3.63) is 64.2 Å². The molecule has 1 aromatic carbocycles. The van der Waals surface area contributed by atoms with Crippen molar-refractivity contribution in [2.75, 3.05) is 10.0 Å². The predicted octanol–water partition coefficient (Wildman–Crippen LogP) is 0.132. The lowest BCUT2D eigenvalue weighted by atomic mass is 10.2. The molecule has 0 bridgehead atoms. The Morgan fingerprint density at radius 1 is 1.22 bits per heavy atom. The predicted molar refractivity (Wildman–Crippen MR) is 97.8 cm³/mol. The third-order valence-electron chi connectivity index (χ3n) is 3.52. The van der Waals surface area contributed by atoms with Gasteiger partial charge in [0.15, 0.2) is 5.82 Å². The van der Waals surface area contributed by atoms with Crippen LogP contribution >= 0.6 is 0 Å². The number of amides is 1. The standard InChI is InChI=1S/C15H15N7O4S/c1-9-12(8-17-22(9)13-5-6-14(23)20-19-13)15(24)18-10-3-2-4-11(7-10)21-27(16,25)26/h2-8,21H,1H3,(H,18,24)(H,20,23)(H2,16,25,26). The molecule has 2 aromatic heterocycles. The van der Waals surface area contributed by atoms with E-state index in [9.17, 15) is 18.0 Å². The van der Waals surface area contributed by atoms with E-state index in [-0.39, 0.29) is 16.8 Å². The first-order valence-electron chi connectivity index (χ1n) is 7.55. The van der Waals surface area contributed by atoms with Crippen molar-refractivity contribution in [2.45, 2.75) is 6.92 Å². The van der Waals surface area contributed by atoms with Gasteiger partial charge in [0.2, 0.25) is 0 Å². The smallest absolute Gasteiger partial charge is 0.296 e. The molecule has 0 unspecified atom stereocenters. The third-order valence-corrected chi connectivity index (χ3v) is 4.04. The molecule has 0 saturated heterocycles. The Hall–Kier alpha value is -3.51. The van der Waals surface area contributed by atoms with Crippen LogP contribution in [0.2, 0.25) is 0 Å². The third kappa shape index (κ3) is 4.37. The van der Waals surface area contributed by atoms with Gasteiger partial charge < -0.3 is 5.32 Å². The van der Waals surface area contributed by atoms with Gasteiger partial charge in [-0.25, -0.2) is 14.9 Å². The summed E-state index contributed by atoms with van der Waals surface area (Å²) >= 11 is 0. The number of benzene rings is 1. The second-order valence-corrected chi connectivity index (χ2v) is 6.81. The summed E-state index contributed by atoms with van der Waals surface area (Å²) in [6.45, 7) is 1.67. The van der Waals surface area contributed by atoms with Crippen LogP contribution < -0.4 is 20.7 Å². The van der Waals surface area contributed by atoms with Crippen LogP contribution in [0, 0.1) is 6.92 Å². The molecular weight excluding hydrogens is 374 g/mol. The van der Waals surface area contributed by atoms with E-state index in [0.717, 1.165) is 0 Å². The summed E-state index contributed by atoms with van der Waals surface area (Å²) in [7, 11) is -3.92. The lowest BCUT2D eigenvalue weighted by Crippen LogP contribution is -2.21. The highest BCUT2D eigenvalue weighted by molar-refractivity contribution is 7.90. The number of carbonyl (C=O) groups is 1. The molecule has 2 heterocycles. The number of nitrogens with two attached hydrogens (primary N) is 1. The van der Waals surface area contributed by atoms with Gasteiger partial charge in [-0.3, -0.25) is 14.3 Å². The van der Waals surface area contributed by atoms with Crippen molar-refractivity contribution in [1.29, 1.82) is 0 Å². The van der Waals surface area contributed by atoms with Gasteiger partial charge in [-0.1, -0.05) is 6.07 Å². The van der Waals surface area contributed by atoms with Crippen molar-refractivity contribution >= 4 is 27.5 Å². The largest absolute Gasteiger partial charge is 0.322 e. The minimum absolute atomic E-state index is 0.208. The van der Waals surface area contributed by atoms with Gasteiger partial charge >= 0.3 is 0 Å². The van der Waals surface area contributed by atoms with Crippen LogP contribution in [0.4, 0.5) is 11.4 Å². The van der Waals surface area contributed by atoms with Crippen LogP contribution in [0.3, 0.4) is 0 Å². The van der Waals surface area contributed by atoms with E-state index in [0.29, 0.717) is 17.2 Å². The molecule has 27 heavy (non-hydrogen) atoms. The Kier molecular flexibility index (Phi) is 4.75. The number of H-pyrrole nitrogens is 1. The van der Waals surface area contributed by atoms with E-state index in [2.05, 4.69) is 25.3 Å². The maximum atomic E-state index is 12.5. The molecule has 11 nitrogen and oxygen atoms in total. The van der Waals surface area contributed by atoms with E-state index in [1.165, 1.54) is 35.1 Å². The van der Waals surface area contributed by atoms with E-state index >= 15 is 0 Å². The number of rotatable bonds is 5. The minimum atomic E-state index is -3.92. The van der Waals surface area contributed by atoms with Gasteiger partial charge in [-0.05, 0) is 31.2 Å². The van der Waals surface area contributed by atoms with Gasteiger partial charge in [-0.15, -0.1) is 0 Å². The highest BCUT2D eigenvalue weighted by Crippen LogP contribution is 2.18. The highest BCUT2D eigenvalue weighted by atomic mass is 32.2. The summed E-state index contributed by atoms with van der Waals surface area (Å²) in [4.78, 5) is 23.6. The van der Waals surface area contributed by atoms with E-state index in [1.807, 2.05) is 0 Å². The van der Waals surface area contributed by atoms with Crippen LogP contribution in [-0.4, -0.2) is 34.3 Å². The van der Waals surface area contributed by atoms with Crippen LogP contribution in [0.25, 0.3) is 5.82 Å². The SMILES string of the molecule is Cc1c(C(=O)Nc2cccc(NS(N)(=O)=O)c2)cnn1-c1ccc(=O)[nH]n1. The van der Waals surface area contributed by atoms with Crippen molar-refractivity contribution in [1.82, 2.24) is 20.0 Å². The van der Waals surface area contributed by atoms with Gasteiger partial charge in [0.1, 0.15) is 0 Å². The molecule has 1 amide bonds. The second-order valence-electron chi connectivity index (χ2n) is 5.52. The fourth-order valence-corrected chi connectivity index (χ4v) is 2.80. The zero-order chi connectivity index (χ0) is 19.6. The number of aromatic nitrogens is 4. The van der Waals surface area contributed by atoms with Gasteiger partial charge in [0.25, 0.3) is 21.7 Å². The maximum absolute atomic E-state index is 12.5. The molecule has 0 saturated carbocycles. The molecule has 5 N–H and O–H groups in total. The first-order valence-corrected chi connectivity index (χ1v) is 9.10. The molecule has 3 aromatic rings. The molecule has 0 atom stereocenters. The number of nitrogens with one attached hydrogen (secondary N) is 3. The summed E-state index contributed by atoms with van der Waals surface area (Å²) in [5.74, 6) is -0.0959. The Morgan fingerprint density at radius 3 is 2.63 bits per heavy atom. The fraction of sp³-hybridized carbons (Fsp3) is 0.0667. The number of carbonyl (C=O) groups excluding carboxylic acids is 1. The average Bonchev–Trinajstić information content (AvgIpc) is 2.96. The van der Waals surface area contributed by atoms with Crippen molar-refractivity contribution in [3.63, 3.8) is 0 Å². The second kappa shape index (κ2) is 7.01. The monoisotopic (exact) mass is 389 g/mol. The molecule has 0 aliphatic carbocycles. The summed E-state index contributed by atoms with van der Waals surface area (Å²) in [6, 6.07) is 8.84. The van der Waals surface area contributed by atoms with Gasteiger partial charge in [0.05, 0.1) is 23.1 Å². The lowest BCUT2D eigenvalue weighted by molar-refractivity contribution is 0.102. The molecule has 0 radical (unpaired) electrons. The normalized spacial score (nSPS) is 11.2. The number of aromatic amines is 1. The quantitative estimate of drug-likeness (QED) is 0.484. The summed E-state index contributed by atoms with van der Waals surface area (Å²) in [5.41, 5.74) is 1.01. The minimum Gasteiger partial charge on any atom is -0.322 e. The molecule has 140 valence electrons. The fourth-order valence-electron chi connectivity index (χ4n) is 2.34. The van der Waals surface area contributed by atoms with E-state index in [4.69, 9.17) is 5.14 Å². The zero-order valence-corrected chi connectivity index (χ0v) is 14.8. The molecule has 0 spiro atoms. The highest BCUT2D eigenvalue weighted by Gasteiger charge is 2.16. The number of hydrogen-bond donors (Lipinski definition) is 4. The number of hydrogen-bond acceptors (Lipinski definition) is 6. The summed E-state index contributed by atoms with van der Waals surface area (Å²) < 4.78 is 25.7.